The highest BCUT2D eigenvalue weighted by Crippen LogP contribution is 2.31. The molecule has 0 spiro atoms. The van der Waals surface area contributed by atoms with Crippen LogP contribution in [-0.4, -0.2) is 4.57 Å². The van der Waals surface area contributed by atoms with Crippen molar-refractivity contribution < 1.29 is 4.57 Å². The van der Waals surface area contributed by atoms with E-state index in [1.165, 1.54) is 42.5 Å². The molecule has 0 saturated heterocycles. The molecule has 1 aromatic heterocycles. The maximum atomic E-state index is 2.42. The van der Waals surface area contributed by atoms with E-state index >= 15 is 0 Å². The standard InChI is InChI=1S/C20H29N2/c1-15(2)18-10-7-11-19(20(18)16(3)4)22-13-12-21(14-22)17-8-5-6-9-17/h7,10-17H,5-6,8-9H2,1-4H3/q+1. The fourth-order valence-electron chi connectivity index (χ4n) is 3.86. The van der Waals surface area contributed by atoms with Crippen LogP contribution in [0.25, 0.3) is 5.69 Å². The summed E-state index contributed by atoms with van der Waals surface area (Å²) in [6, 6.07) is 7.46. The van der Waals surface area contributed by atoms with Gasteiger partial charge in [-0.15, -0.1) is 0 Å². The van der Waals surface area contributed by atoms with Gasteiger partial charge in [-0.3, -0.25) is 0 Å². The average Bonchev–Trinajstić information content (AvgIpc) is 3.17. The summed E-state index contributed by atoms with van der Waals surface area (Å²) in [6.07, 6.45) is 12.2. The molecule has 0 bridgehead atoms. The molecule has 2 aromatic rings. The molecule has 0 aliphatic heterocycles. The SMILES string of the molecule is CC(C)c1cccc(-n2cc[n+](C3CCCC3)c2)c1C(C)C. The van der Waals surface area contributed by atoms with Crippen molar-refractivity contribution in [2.24, 2.45) is 0 Å². The number of benzene rings is 1. The molecule has 2 nitrogen and oxygen atoms in total. The van der Waals surface area contributed by atoms with Gasteiger partial charge in [0.25, 0.3) is 0 Å². The van der Waals surface area contributed by atoms with E-state index in [4.69, 9.17) is 0 Å². The minimum absolute atomic E-state index is 0.538. The second-order valence-electron chi connectivity index (χ2n) is 7.30. The average molecular weight is 297 g/mol. The second-order valence-corrected chi connectivity index (χ2v) is 7.30. The molecule has 3 rings (SSSR count). The normalized spacial score (nSPS) is 16.1. The third kappa shape index (κ3) is 2.84. The number of imidazole rings is 1. The van der Waals surface area contributed by atoms with Gasteiger partial charge < -0.3 is 0 Å². The van der Waals surface area contributed by atoms with Crippen LogP contribution in [0.15, 0.2) is 36.9 Å². The van der Waals surface area contributed by atoms with Gasteiger partial charge in [-0.25, -0.2) is 9.13 Å². The summed E-state index contributed by atoms with van der Waals surface area (Å²) in [5.74, 6) is 1.10. The van der Waals surface area contributed by atoms with E-state index in [0.717, 1.165) is 0 Å². The van der Waals surface area contributed by atoms with Crippen molar-refractivity contribution >= 4 is 0 Å². The second kappa shape index (κ2) is 6.28. The Kier molecular flexibility index (Phi) is 4.37. The number of nitrogens with zero attached hydrogens (tertiary/aromatic N) is 2. The first-order valence-corrected chi connectivity index (χ1v) is 8.80. The minimum Gasteiger partial charge on any atom is -0.234 e. The Labute approximate surface area is 134 Å². The Morgan fingerprint density at radius 3 is 2.41 bits per heavy atom. The van der Waals surface area contributed by atoms with Crippen LogP contribution in [0.2, 0.25) is 0 Å². The van der Waals surface area contributed by atoms with Crippen LogP contribution >= 0.6 is 0 Å². The lowest BCUT2D eigenvalue weighted by Gasteiger charge is -2.18. The van der Waals surface area contributed by atoms with Crippen molar-refractivity contribution in [3.8, 4) is 5.69 Å². The topological polar surface area (TPSA) is 8.81 Å². The third-order valence-corrected chi connectivity index (χ3v) is 5.00. The van der Waals surface area contributed by atoms with E-state index < -0.39 is 0 Å². The molecule has 1 heterocycles. The quantitative estimate of drug-likeness (QED) is 0.692. The Balaban J connectivity index is 2.02. The van der Waals surface area contributed by atoms with Gasteiger partial charge in [0, 0.05) is 5.56 Å². The maximum absolute atomic E-state index is 2.42. The van der Waals surface area contributed by atoms with Crippen molar-refractivity contribution in [3.05, 3.63) is 48.0 Å². The van der Waals surface area contributed by atoms with Crippen LogP contribution < -0.4 is 4.57 Å². The molecule has 0 radical (unpaired) electrons. The van der Waals surface area contributed by atoms with E-state index in [-0.39, 0.29) is 0 Å². The summed E-state index contributed by atoms with van der Waals surface area (Å²) in [4.78, 5) is 0. The number of hydrogen-bond acceptors (Lipinski definition) is 0. The summed E-state index contributed by atoms with van der Waals surface area (Å²) in [5, 5.41) is 0. The molecule has 118 valence electrons. The van der Waals surface area contributed by atoms with Crippen molar-refractivity contribution in [2.75, 3.05) is 0 Å². The van der Waals surface area contributed by atoms with Gasteiger partial charge in [0.1, 0.15) is 24.1 Å². The van der Waals surface area contributed by atoms with Gasteiger partial charge in [0.05, 0.1) is 0 Å². The Morgan fingerprint density at radius 1 is 1.05 bits per heavy atom. The molecular formula is C20H29N2+. The van der Waals surface area contributed by atoms with Crippen LogP contribution in [0, 0.1) is 0 Å². The predicted octanol–water partition coefficient (Wildman–Crippen LogP) is 5.13. The van der Waals surface area contributed by atoms with E-state index in [1.807, 2.05) is 0 Å². The van der Waals surface area contributed by atoms with Gasteiger partial charge >= 0.3 is 0 Å². The molecule has 1 aliphatic carbocycles. The molecule has 22 heavy (non-hydrogen) atoms. The predicted molar refractivity (Wildman–Crippen MR) is 91.6 cm³/mol. The van der Waals surface area contributed by atoms with Gasteiger partial charge in [-0.05, 0) is 49.1 Å². The zero-order valence-corrected chi connectivity index (χ0v) is 14.4. The van der Waals surface area contributed by atoms with Gasteiger partial charge in [-0.2, -0.15) is 0 Å². The van der Waals surface area contributed by atoms with E-state index in [1.54, 1.807) is 0 Å². The minimum atomic E-state index is 0.538. The summed E-state index contributed by atoms with van der Waals surface area (Å²) in [7, 11) is 0. The number of hydrogen-bond donors (Lipinski definition) is 0. The molecule has 1 aromatic carbocycles. The van der Waals surface area contributed by atoms with Gasteiger partial charge in [0.2, 0.25) is 6.33 Å². The highest BCUT2D eigenvalue weighted by atomic mass is 15.1. The summed E-state index contributed by atoms with van der Waals surface area (Å²) >= 11 is 0. The van der Waals surface area contributed by atoms with Crippen LogP contribution in [0.1, 0.15) is 82.4 Å². The van der Waals surface area contributed by atoms with Crippen molar-refractivity contribution in [2.45, 2.75) is 71.3 Å². The number of aromatic nitrogens is 2. The summed E-state index contributed by atoms with van der Waals surface area (Å²) in [5.41, 5.74) is 4.32. The van der Waals surface area contributed by atoms with Gasteiger partial charge in [-0.1, -0.05) is 39.8 Å². The first-order valence-electron chi connectivity index (χ1n) is 8.80. The van der Waals surface area contributed by atoms with Crippen LogP contribution in [-0.2, 0) is 0 Å². The molecule has 1 aliphatic rings. The van der Waals surface area contributed by atoms with Gasteiger partial charge in [0.15, 0.2) is 0 Å². The lowest BCUT2D eigenvalue weighted by molar-refractivity contribution is -0.721. The first kappa shape index (κ1) is 15.3. The van der Waals surface area contributed by atoms with E-state index in [0.29, 0.717) is 17.9 Å². The van der Waals surface area contributed by atoms with Crippen molar-refractivity contribution in [3.63, 3.8) is 0 Å². The van der Waals surface area contributed by atoms with E-state index in [9.17, 15) is 0 Å². The smallest absolute Gasteiger partial charge is 0.234 e. The van der Waals surface area contributed by atoms with Crippen LogP contribution in [0.5, 0.6) is 0 Å². The molecule has 0 N–H and O–H groups in total. The molecule has 0 unspecified atom stereocenters. The van der Waals surface area contributed by atoms with Crippen LogP contribution in [0.4, 0.5) is 0 Å². The van der Waals surface area contributed by atoms with Crippen LogP contribution in [0.3, 0.4) is 0 Å². The Hall–Kier alpha value is -1.57. The zero-order chi connectivity index (χ0) is 15.7. The van der Waals surface area contributed by atoms with E-state index in [2.05, 4.69) is 73.7 Å². The highest BCUT2D eigenvalue weighted by Gasteiger charge is 2.23. The lowest BCUT2D eigenvalue weighted by atomic mass is 9.89. The largest absolute Gasteiger partial charge is 0.249 e. The molecule has 2 heteroatoms. The molecule has 0 atom stereocenters. The third-order valence-electron chi connectivity index (χ3n) is 5.00. The van der Waals surface area contributed by atoms with Crippen molar-refractivity contribution in [1.29, 1.82) is 0 Å². The Morgan fingerprint density at radius 2 is 1.77 bits per heavy atom. The molecule has 1 saturated carbocycles. The molecular weight excluding hydrogens is 268 g/mol. The zero-order valence-electron chi connectivity index (χ0n) is 14.4. The summed E-state index contributed by atoms with van der Waals surface area (Å²) < 4.78 is 4.73. The summed E-state index contributed by atoms with van der Waals surface area (Å²) in [6.45, 7) is 9.19. The fraction of sp³-hybridized carbons (Fsp3) is 0.550. The number of rotatable bonds is 4. The van der Waals surface area contributed by atoms with Crippen molar-refractivity contribution in [1.82, 2.24) is 4.57 Å². The lowest BCUT2D eigenvalue weighted by Crippen LogP contribution is -2.35. The Bertz CT molecular complexity index is 631. The maximum Gasteiger partial charge on any atom is 0.249 e. The molecule has 0 amide bonds. The highest BCUT2D eigenvalue weighted by molar-refractivity contribution is 5.48. The molecule has 1 fully saturated rings. The first-order chi connectivity index (χ1) is 10.6. The fourth-order valence-corrected chi connectivity index (χ4v) is 3.86. The monoisotopic (exact) mass is 297 g/mol.